The van der Waals surface area contributed by atoms with Gasteiger partial charge in [-0.1, -0.05) is 12.5 Å². The summed E-state index contributed by atoms with van der Waals surface area (Å²) in [4.78, 5) is 14.3. The van der Waals surface area contributed by atoms with E-state index >= 15 is 0 Å². The van der Waals surface area contributed by atoms with Gasteiger partial charge < -0.3 is 19.9 Å². The minimum absolute atomic E-state index is 0.360. The van der Waals surface area contributed by atoms with E-state index in [1.54, 1.807) is 0 Å². The standard InChI is InChI=1S/C28H35N5O/c1-21-19-27(22-11-13-26(14-12-22)34-25-9-4-3-5-10-25)31-28(29-21)30-23-7-6-8-24(20-23)33-17-15-32(2)16-18-33/h6-8,11-14,19-20,25H,3-5,9-10,15-18H2,1-2H3,(H,29,30,31). The van der Waals surface area contributed by atoms with Gasteiger partial charge in [-0.05, 0) is 88.2 Å². The van der Waals surface area contributed by atoms with E-state index in [4.69, 9.17) is 9.72 Å². The summed E-state index contributed by atoms with van der Waals surface area (Å²) in [6, 6.07) is 18.9. The summed E-state index contributed by atoms with van der Waals surface area (Å²) in [5, 5.41) is 3.42. The summed E-state index contributed by atoms with van der Waals surface area (Å²) in [5.41, 5.74) is 5.15. The van der Waals surface area contributed by atoms with Crippen LogP contribution >= 0.6 is 0 Å². The summed E-state index contributed by atoms with van der Waals surface area (Å²) >= 11 is 0. The second kappa shape index (κ2) is 10.4. The number of nitrogens with zero attached hydrogens (tertiary/aromatic N) is 4. The Kier molecular flexibility index (Phi) is 6.95. The van der Waals surface area contributed by atoms with Crippen LogP contribution < -0.4 is 15.0 Å². The van der Waals surface area contributed by atoms with Gasteiger partial charge >= 0.3 is 0 Å². The number of nitrogens with one attached hydrogen (secondary N) is 1. The molecule has 0 amide bonds. The third-order valence-corrected chi connectivity index (χ3v) is 6.83. The molecule has 1 saturated heterocycles. The molecule has 2 aromatic carbocycles. The molecule has 2 fully saturated rings. The molecule has 1 saturated carbocycles. The van der Waals surface area contributed by atoms with Crippen molar-refractivity contribution in [3.8, 4) is 17.0 Å². The van der Waals surface area contributed by atoms with Crippen molar-refractivity contribution in [1.82, 2.24) is 14.9 Å². The zero-order valence-corrected chi connectivity index (χ0v) is 20.3. The molecule has 2 heterocycles. The predicted molar refractivity (Wildman–Crippen MR) is 139 cm³/mol. The van der Waals surface area contributed by atoms with Crippen molar-refractivity contribution in [2.24, 2.45) is 0 Å². The van der Waals surface area contributed by atoms with E-state index in [-0.39, 0.29) is 0 Å². The minimum Gasteiger partial charge on any atom is -0.490 e. The number of anilines is 3. The van der Waals surface area contributed by atoms with Gasteiger partial charge in [0, 0.05) is 48.8 Å². The molecule has 178 valence electrons. The van der Waals surface area contributed by atoms with Gasteiger partial charge in [0.1, 0.15) is 5.75 Å². The maximum absolute atomic E-state index is 6.19. The zero-order valence-electron chi connectivity index (χ0n) is 20.3. The SMILES string of the molecule is Cc1cc(-c2ccc(OC3CCCCC3)cc2)nc(Nc2cccc(N3CCN(C)CC3)c2)n1. The molecule has 5 rings (SSSR count). The van der Waals surface area contributed by atoms with Gasteiger partial charge in [0.15, 0.2) is 0 Å². The van der Waals surface area contributed by atoms with Crippen molar-refractivity contribution in [2.45, 2.75) is 45.1 Å². The lowest BCUT2D eigenvalue weighted by molar-refractivity contribution is 0.155. The summed E-state index contributed by atoms with van der Waals surface area (Å²) in [7, 11) is 2.18. The molecule has 6 nitrogen and oxygen atoms in total. The lowest BCUT2D eigenvalue weighted by atomic mass is 9.98. The fourth-order valence-electron chi connectivity index (χ4n) is 4.83. The highest BCUT2D eigenvalue weighted by atomic mass is 16.5. The van der Waals surface area contributed by atoms with Gasteiger partial charge in [-0.2, -0.15) is 0 Å². The molecule has 0 spiro atoms. The molecule has 1 aliphatic carbocycles. The molecule has 6 heteroatoms. The van der Waals surface area contributed by atoms with Crippen LogP contribution in [0.5, 0.6) is 5.75 Å². The molecular formula is C28H35N5O. The van der Waals surface area contributed by atoms with Crippen LogP contribution in [0, 0.1) is 6.92 Å². The topological polar surface area (TPSA) is 53.5 Å². The lowest BCUT2D eigenvalue weighted by Gasteiger charge is -2.34. The van der Waals surface area contributed by atoms with Crippen LogP contribution in [0.15, 0.2) is 54.6 Å². The van der Waals surface area contributed by atoms with Gasteiger partial charge in [-0.3, -0.25) is 0 Å². The van der Waals surface area contributed by atoms with Gasteiger partial charge in [0.25, 0.3) is 0 Å². The minimum atomic E-state index is 0.360. The molecular weight excluding hydrogens is 422 g/mol. The maximum Gasteiger partial charge on any atom is 0.227 e. The Balaban J connectivity index is 1.29. The predicted octanol–water partition coefficient (Wildman–Crippen LogP) is 5.66. The van der Waals surface area contributed by atoms with Crippen LogP contribution in [-0.4, -0.2) is 54.2 Å². The van der Waals surface area contributed by atoms with Crippen molar-refractivity contribution in [3.05, 3.63) is 60.3 Å². The quantitative estimate of drug-likeness (QED) is 0.516. The largest absolute Gasteiger partial charge is 0.490 e. The Hall–Kier alpha value is -3.12. The van der Waals surface area contributed by atoms with Crippen LogP contribution in [0.4, 0.5) is 17.3 Å². The molecule has 1 N–H and O–H groups in total. The molecule has 0 atom stereocenters. The number of hydrogen-bond acceptors (Lipinski definition) is 6. The second-order valence-corrected chi connectivity index (χ2v) is 9.59. The number of ether oxygens (including phenoxy) is 1. The normalized spacial score (nSPS) is 17.5. The molecule has 2 aliphatic rings. The zero-order chi connectivity index (χ0) is 23.3. The van der Waals surface area contributed by atoms with Crippen molar-refractivity contribution >= 4 is 17.3 Å². The fraction of sp³-hybridized carbons (Fsp3) is 0.429. The number of likely N-dealkylation sites (N-methyl/N-ethyl adjacent to an activating group) is 1. The van der Waals surface area contributed by atoms with E-state index in [9.17, 15) is 0 Å². The molecule has 34 heavy (non-hydrogen) atoms. The van der Waals surface area contributed by atoms with Crippen molar-refractivity contribution < 1.29 is 4.74 Å². The first-order valence-electron chi connectivity index (χ1n) is 12.6. The first kappa shape index (κ1) is 22.7. The van der Waals surface area contributed by atoms with E-state index in [1.165, 1.54) is 24.9 Å². The number of rotatable bonds is 6. The van der Waals surface area contributed by atoms with E-state index < -0.39 is 0 Å². The summed E-state index contributed by atoms with van der Waals surface area (Å²) < 4.78 is 6.19. The molecule has 0 radical (unpaired) electrons. The fourth-order valence-corrected chi connectivity index (χ4v) is 4.83. The van der Waals surface area contributed by atoms with Crippen molar-refractivity contribution in [3.63, 3.8) is 0 Å². The van der Waals surface area contributed by atoms with Crippen LogP contribution in [-0.2, 0) is 0 Å². The Morgan fingerprint density at radius 1 is 0.882 bits per heavy atom. The third-order valence-electron chi connectivity index (χ3n) is 6.83. The number of aromatic nitrogens is 2. The molecule has 0 bridgehead atoms. The Morgan fingerprint density at radius 3 is 2.41 bits per heavy atom. The van der Waals surface area contributed by atoms with Gasteiger partial charge in [-0.15, -0.1) is 0 Å². The molecule has 1 aliphatic heterocycles. The van der Waals surface area contributed by atoms with Crippen LogP contribution in [0.2, 0.25) is 0 Å². The molecule has 0 unspecified atom stereocenters. The lowest BCUT2D eigenvalue weighted by Crippen LogP contribution is -2.44. The number of hydrogen-bond donors (Lipinski definition) is 1. The van der Waals surface area contributed by atoms with Crippen LogP contribution in [0.3, 0.4) is 0 Å². The molecule has 3 aromatic rings. The van der Waals surface area contributed by atoms with E-state index in [0.29, 0.717) is 12.1 Å². The maximum atomic E-state index is 6.19. The highest BCUT2D eigenvalue weighted by Crippen LogP contribution is 2.27. The summed E-state index contributed by atoms with van der Waals surface area (Å²) in [6.07, 6.45) is 6.57. The Morgan fingerprint density at radius 2 is 1.65 bits per heavy atom. The Labute approximate surface area is 203 Å². The highest BCUT2D eigenvalue weighted by molar-refractivity contribution is 5.65. The number of piperazine rings is 1. The summed E-state index contributed by atoms with van der Waals surface area (Å²) in [6.45, 7) is 6.29. The van der Waals surface area contributed by atoms with Gasteiger partial charge in [0.2, 0.25) is 5.95 Å². The van der Waals surface area contributed by atoms with Gasteiger partial charge in [0.05, 0.1) is 11.8 Å². The van der Waals surface area contributed by atoms with Gasteiger partial charge in [-0.25, -0.2) is 9.97 Å². The number of benzene rings is 2. The second-order valence-electron chi connectivity index (χ2n) is 9.59. The average Bonchev–Trinajstić information content (AvgIpc) is 2.85. The average molecular weight is 458 g/mol. The molecule has 1 aromatic heterocycles. The number of aryl methyl sites for hydroxylation is 1. The highest BCUT2D eigenvalue weighted by Gasteiger charge is 2.16. The van der Waals surface area contributed by atoms with E-state index in [0.717, 1.165) is 67.4 Å². The van der Waals surface area contributed by atoms with E-state index in [2.05, 4.69) is 75.7 Å². The first-order chi connectivity index (χ1) is 16.6. The summed E-state index contributed by atoms with van der Waals surface area (Å²) in [5.74, 6) is 1.56. The van der Waals surface area contributed by atoms with Crippen LogP contribution in [0.25, 0.3) is 11.3 Å². The first-order valence-corrected chi connectivity index (χ1v) is 12.6. The van der Waals surface area contributed by atoms with Crippen molar-refractivity contribution in [1.29, 1.82) is 0 Å². The van der Waals surface area contributed by atoms with Crippen molar-refractivity contribution in [2.75, 3.05) is 43.4 Å². The smallest absolute Gasteiger partial charge is 0.227 e. The monoisotopic (exact) mass is 457 g/mol. The Bertz CT molecular complexity index is 1090. The third kappa shape index (κ3) is 5.68. The van der Waals surface area contributed by atoms with E-state index in [1.807, 2.05) is 13.0 Å². The van der Waals surface area contributed by atoms with Crippen LogP contribution in [0.1, 0.15) is 37.8 Å².